The zero-order chi connectivity index (χ0) is 29.1. The van der Waals surface area contributed by atoms with E-state index >= 15 is 0 Å². The molecule has 2 aliphatic heterocycles. The van der Waals surface area contributed by atoms with Gasteiger partial charge in [-0.2, -0.15) is 0 Å². The van der Waals surface area contributed by atoms with Crippen LogP contribution in [-0.4, -0.2) is 70.0 Å². The summed E-state index contributed by atoms with van der Waals surface area (Å²) in [5.74, 6) is 1.83. The minimum Gasteiger partial charge on any atom is -0.366 e. The van der Waals surface area contributed by atoms with E-state index in [2.05, 4.69) is 54.1 Å². The summed E-state index contributed by atoms with van der Waals surface area (Å²) in [6.07, 6.45) is 12.9. The first-order valence-electron chi connectivity index (χ1n) is 14.4. The van der Waals surface area contributed by atoms with E-state index in [1.807, 2.05) is 6.20 Å². The maximum atomic E-state index is 13.0. The molecule has 42 heavy (non-hydrogen) atoms. The van der Waals surface area contributed by atoms with Crippen molar-refractivity contribution < 1.29 is 13.2 Å². The number of allylic oxidation sites excluding steroid dienone is 1. The van der Waals surface area contributed by atoms with Crippen LogP contribution in [0.5, 0.6) is 0 Å². The summed E-state index contributed by atoms with van der Waals surface area (Å²) in [6.45, 7) is 3.42. The molecular weight excluding hydrogens is 576 g/mol. The van der Waals surface area contributed by atoms with E-state index in [-0.39, 0.29) is 34.8 Å². The summed E-state index contributed by atoms with van der Waals surface area (Å²) in [5.41, 5.74) is 3.54. The Bertz CT molecular complexity index is 1720. The van der Waals surface area contributed by atoms with E-state index in [1.165, 1.54) is 24.7 Å². The summed E-state index contributed by atoms with van der Waals surface area (Å²) in [6, 6.07) is 3.90. The second kappa shape index (κ2) is 10.3. The maximum Gasteiger partial charge on any atom is 0.229 e. The van der Waals surface area contributed by atoms with Crippen LogP contribution in [0.3, 0.4) is 0 Å². The number of carbonyl (C=O) groups excluding carboxylic acids is 1. The highest BCUT2D eigenvalue weighted by Gasteiger charge is 2.54. The van der Waals surface area contributed by atoms with E-state index in [9.17, 15) is 13.2 Å². The lowest BCUT2D eigenvalue weighted by Gasteiger charge is -2.29. The quantitative estimate of drug-likeness (QED) is 0.395. The number of hydrogen-bond donors (Lipinski definition) is 2. The van der Waals surface area contributed by atoms with Crippen LogP contribution >= 0.6 is 11.6 Å². The van der Waals surface area contributed by atoms with Gasteiger partial charge in [0.25, 0.3) is 0 Å². The van der Waals surface area contributed by atoms with Crippen molar-refractivity contribution in [3.05, 3.63) is 53.2 Å². The van der Waals surface area contributed by atoms with Crippen molar-refractivity contribution in [1.82, 2.24) is 19.4 Å². The predicted octanol–water partition coefficient (Wildman–Crippen LogP) is 3.78. The number of nitrogens with one attached hydrogen (secondary N) is 2. The topological polar surface area (TPSA) is 134 Å². The van der Waals surface area contributed by atoms with Gasteiger partial charge < -0.3 is 19.9 Å². The van der Waals surface area contributed by atoms with Gasteiger partial charge in [-0.3, -0.25) is 9.79 Å². The standard InChI is InChI=1S/C29H33ClN8O3S/c1-29(13-20(30)4-5-34-29)23-11-22(23)28(39)36-26-12-25(32-17-33-26)31-14-21-16-38-15-19(18-2-3-18)10-24(27(38)35-21)37-6-8-42(40,41)9-7-37/h4-5,10,12,15-18,22-23H,2-3,6-9,11,13-14H2,1H3,(H2,31,32,33,36,39)/t22-,23-,29?/m0/s1. The molecule has 2 saturated carbocycles. The molecule has 3 aromatic rings. The van der Waals surface area contributed by atoms with Crippen molar-refractivity contribution in [3.63, 3.8) is 0 Å². The third-order valence-corrected chi connectivity index (χ3v) is 10.7. The zero-order valence-electron chi connectivity index (χ0n) is 23.3. The molecule has 4 aliphatic rings. The van der Waals surface area contributed by atoms with Crippen molar-refractivity contribution in [2.75, 3.05) is 40.1 Å². The summed E-state index contributed by atoms with van der Waals surface area (Å²) in [4.78, 5) is 33.2. The van der Waals surface area contributed by atoms with Gasteiger partial charge in [0, 0.05) is 55.1 Å². The smallest absolute Gasteiger partial charge is 0.229 e. The van der Waals surface area contributed by atoms with Crippen LogP contribution in [0.15, 0.2) is 47.0 Å². The molecule has 1 unspecified atom stereocenters. The molecule has 5 heterocycles. The molecule has 7 rings (SSSR count). The zero-order valence-corrected chi connectivity index (χ0v) is 24.9. The largest absolute Gasteiger partial charge is 0.366 e. The second-order valence-electron chi connectivity index (χ2n) is 12.0. The van der Waals surface area contributed by atoms with Gasteiger partial charge in [0.1, 0.15) is 18.0 Å². The Morgan fingerprint density at radius 3 is 2.69 bits per heavy atom. The average Bonchev–Trinajstić information content (AvgIpc) is 3.88. The number of rotatable bonds is 8. The Labute approximate surface area is 249 Å². The fourth-order valence-electron chi connectivity index (χ4n) is 6.12. The lowest BCUT2D eigenvalue weighted by molar-refractivity contribution is -0.117. The highest BCUT2D eigenvalue weighted by atomic mass is 35.5. The Kier molecular flexibility index (Phi) is 6.73. The average molecular weight is 609 g/mol. The molecule has 2 aliphatic carbocycles. The minimum absolute atomic E-state index is 0.0726. The van der Waals surface area contributed by atoms with Gasteiger partial charge >= 0.3 is 0 Å². The van der Waals surface area contributed by atoms with Crippen LogP contribution in [0.25, 0.3) is 5.65 Å². The van der Waals surface area contributed by atoms with Crippen molar-refractivity contribution in [3.8, 4) is 0 Å². The number of aromatic nitrogens is 4. The van der Waals surface area contributed by atoms with E-state index < -0.39 is 9.84 Å². The molecule has 3 atom stereocenters. The van der Waals surface area contributed by atoms with Gasteiger partial charge in [-0.05, 0) is 55.7 Å². The molecule has 3 fully saturated rings. The van der Waals surface area contributed by atoms with Gasteiger partial charge in [-0.1, -0.05) is 11.6 Å². The van der Waals surface area contributed by atoms with Crippen molar-refractivity contribution in [1.29, 1.82) is 0 Å². The van der Waals surface area contributed by atoms with Gasteiger partial charge in [0.2, 0.25) is 5.91 Å². The number of sulfone groups is 1. The number of fused-ring (bicyclic) bond motifs is 1. The van der Waals surface area contributed by atoms with E-state index in [0.717, 1.165) is 28.5 Å². The van der Waals surface area contributed by atoms with Gasteiger partial charge in [-0.15, -0.1) is 0 Å². The molecular formula is C29H33ClN8O3S. The molecule has 2 N–H and O–H groups in total. The first kappa shape index (κ1) is 27.3. The molecule has 0 bridgehead atoms. The molecule has 11 nitrogen and oxygen atoms in total. The molecule has 0 spiro atoms. The molecule has 220 valence electrons. The number of anilines is 3. The van der Waals surface area contributed by atoms with E-state index in [1.54, 1.807) is 18.4 Å². The molecule has 0 aromatic carbocycles. The van der Waals surface area contributed by atoms with Gasteiger partial charge in [-0.25, -0.2) is 23.4 Å². The number of carbonyl (C=O) groups is 1. The molecule has 1 amide bonds. The first-order chi connectivity index (χ1) is 20.2. The number of imidazole rings is 1. The Hall–Kier alpha value is -3.51. The fourth-order valence-corrected chi connectivity index (χ4v) is 7.65. The van der Waals surface area contributed by atoms with Gasteiger partial charge in [0.15, 0.2) is 15.5 Å². The van der Waals surface area contributed by atoms with E-state index in [0.29, 0.717) is 43.6 Å². The van der Waals surface area contributed by atoms with E-state index in [4.69, 9.17) is 16.6 Å². The molecule has 13 heteroatoms. The number of amides is 1. The summed E-state index contributed by atoms with van der Waals surface area (Å²) in [5, 5.41) is 7.00. The third-order valence-electron chi connectivity index (χ3n) is 8.78. The van der Waals surface area contributed by atoms with Crippen LogP contribution in [0, 0.1) is 11.8 Å². The number of dihydropyridines is 1. The number of hydrogen-bond acceptors (Lipinski definition) is 9. The van der Waals surface area contributed by atoms with Crippen molar-refractivity contribution in [2.24, 2.45) is 16.8 Å². The lowest BCUT2D eigenvalue weighted by atomic mass is 9.89. The van der Waals surface area contributed by atoms with Crippen LogP contribution in [0.2, 0.25) is 0 Å². The van der Waals surface area contributed by atoms with Crippen LogP contribution < -0.4 is 15.5 Å². The summed E-state index contributed by atoms with van der Waals surface area (Å²) >= 11 is 6.24. The Morgan fingerprint density at radius 1 is 1.14 bits per heavy atom. The van der Waals surface area contributed by atoms with Crippen molar-refractivity contribution >= 4 is 56.5 Å². The van der Waals surface area contributed by atoms with Crippen LogP contribution in [-0.2, 0) is 21.2 Å². The summed E-state index contributed by atoms with van der Waals surface area (Å²) in [7, 11) is -2.98. The highest BCUT2D eigenvalue weighted by molar-refractivity contribution is 7.91. The number of pyridine rings is 1. The Balaban J connectivity index is 1.02. The molecule has 3 aromatic heterocycles. The number of nitrogens with zero attached hydrogens (tertiary/aromatic N) is 6. The predicted molar refractivity (Wildman–Crippen MR) is 163 cm³/mol. The molecule has 1 saturated heterocycles. The van der Waals surface area contributed by atoms with Crippen LogP contribution in [0.1, 0.15) is 49.8 Å². The third kappa shape index (κ3) is 5.61. The number of halogens is 1. The SMILES string of the molecule is CC1([C@H]2C[C@@H]2C(=O)Nc2cc(NCc3cn4cc(C5CC5)cc(N5CCS(=O)(=O)CC5)c4n3)ncn2)CC(Cl)=CC=N1. The lowest BCUT2D eigenvalue weighted by Crippen LogP contribution is -2.40. The summed E-state index contributed by atoms with van der Waals surface area (Å²) < 4.78 is 26.1. The Morgan fingerprint density at radius 2 is 1.93 bits per heavy atom. The minimum atomic E-state index is -2.98. The van der Waals surface area contributed by atoms with Gasteiger partial charge in [0.05, 0.1) is 35.0 Å². The maximum absolute atomic E-state index is 13.0. The normalized spacial score (nSPS) is 26.6. The molecule has 0 radical (unpaired) electrons. The monoisotopic (exact) mass is 608 g/mol. The fraction of sp³-hybridized carbons (Fsp3) is 0.483. The van der Waals surface area contributed by atoms with Crippen molar-refractivity contribution in [2.45, 2.75) is 50.6 Å². The second-order valence-corrected chi connectivity index (χ2v) is 14.8. The highest BCUT2D eigenvalue weighted by Crippen LogP contribution is 2.52. The van der Waals surface area contributed by atoms with Crippen LogP contribution in [0.4, 0.5) is 17.3 Å². The first-order valence-corrected chi connectivity index (χ1v) is 16.6. The number of aliphatic imine (C=N–C) groups is 1.